The van der Waals surface area contributed by atoms with Gasteiger partial charge in [-0.1, -0.05) is 29.8 Å². The summed E-state index contributed by atoms with van der Waals surface area (Å²) in [6.45, 7) is 0.643. The number of benzene rings is 1. The van der Waals surface area contributed by atoms with E-state index in [0.717, 1.165) is 35.4 Å². The maximum absolute atomic E-state index is 13.0. The molecule has 1 aliphatic heterocycles. The van der Waals surface area contributed by atoms with Gasteiger partial charge in [-0.25, -0.2) is 4.98 Å². The molecule has 1 amide bonds. The number of halogens is 1. The normalized spacial score (nSPS) is 23.5. The zero-order chi connectivity index (χ0) is 20.1. The summed E-state index contributed by atoms with van der Waals surface area (Å²) in [5.74, 6) is -1.04. The number of rotatable bonds is 4. The maximum atomic E-state index is 13.0. The molecule has 3 aromatic rings. The Labute approximate surface area is 172 Å². The fourth-order valence-corrected chi connectivity index (χ4v) is 4.50. The van der Waals surface area contributed by atoms with E-state index in [-0.39, 0.29) is 11.9 Å². The van der Waals surface area contributed by atoms with Crippen LogP contribution >= 0.6 is 11.6 Å². The lowest BCUT2D eigenvalue weighted by Crippen LogP contribution is -2.33. The summed E-state index contributed by atoms with van der Waals surface area (Å²) in [4.78, 5) is 31.0. The number of hydrogen-bond acceptors (Lipinski definition) is 3. The Hall–Kier alpha value is -2.86. The molecule has 2 fully saturated rings. The highest BCUT2D eigenvalue weighted by Crippen LogP contribution is 2.44. The van der Waals surface area contributed by atoms with E-state index in [1.165, 1.54) is 0 Å². The van der Waals surface area contributed by atoms with Crippen LogP contribution in [0.4, 0.5) is 0 Å². The predicted octanol–water partition coefficient (Wildman–Crippen LogP) is 4.04. The molecule has 0 bridgehead atoms. The van der Waals surface area contributed by atoms with Gasteiger partial charge in [-0.2, -0.15) is 0 Å². The minimum atomic E-state index is -0.879. The van der Waals surface area contributed by atoms with Gasteiger partial charge in [0.1, 0.15) is 5.82 Å². The summed E-state index contributed by atoms with van der Waals surface area (Å²) < 4.78 is 2.04. The Bertz CT molecular complexity index is 1110. The first-order valence-corrected chi connectivity index (χ1v) is 10.2. The van der Waals surface area contributed by atoms with Crippen LogP contribution in [0, 0.1) is 11.8 Å². The predicted molar refractivity (Wildman–Crippen MR) is 109 cm³/mol. The van der Waals surface area contributed by atoms with Crippen molar-refractivity contribution in [1.82, 2.24) is 14.3 Å². The van der Waals surface area contributed by atoms with Crippen molar-refractivity contribution < 1.29 is 14.7 Å². The van der Waals surface area contributed by atoms with Crippen LogP contribution in [0.1, 0.15) is 31.1 Å². The van der Waals surface area contributed by atoms with Gasteiger partial charge in [0.25, 0.3) is 0 Å². The number of likely N-dealkylation sites (tertiary alicyclic amines) is 1. The number of amides is 1. The first-order valence-electron chi connectivity index (χ1n) is 9.81. The summed E-state index contributed by atoms with van der Waals surface area (Å²) in [5.41, 5.74) is 2.79. The van der Waals surface area contributed by atoms with E-state index in [9.17, 15) is 14.7 Å². The van der Waals surface area contributed by atoms with Crippen molar-refractivity contribution in [3.05, 3.63) is 59.5 Å². The Kier molecular flexibility index (Phi) is 4.32. The van der Waals surface area contributed by atoms with E-state index in [2.05, 4.69) is 0 Å². The third-order valence-corrected chi connectivity index (χ3v) is 6.20. The average Bonchev–Trinajstić information content (AvgIpc) is 3.23. The van der Waals surface area contributed by atoms with Crippen molar-refractivity contribution >= 4 is 29.0 Å². The van der Waals surface area contributed by atoms with Crippen LogP contribution in [0.5, 0.6) is 0 Å². The Balaban J connectivity index is 1.54. The number of hydrogen-bond donors (Lipinski definition) is 1. The van der Waals surface area contributed by atoms with Gasteiger partial charge in [-0.05, 0) is 43.5 Å². The van der Waals surface area contributed by atoms with Crippen molar-refractivity contribution in [2.75, 3.05) is 6.54 Å². The second-order valence-electron chi connectivity index (χ2n) is 7.76. The topological polar surface area (TPSA) is 74.9 Å². The van der Waals surface area contributed by atoms with Crippen molar-refractivity contribution in [3.63, 3.8) is 0 Å². The first kappa shape index (κ1) is 18.2. The van der Waals surface area contributed by atoms with E-state index in [1.807, 2.05) is 58.0 Å². The number of fused-ring (bicyclic) bond motifs is 1. The van der Waals surface area contributed by atoms with Gasteiger partial charge >= 0.3 is 5.97 Å². The fraction of sp³-hybridized carbons (Fsp3) is 0.318. The third kappa shape index (κ3) is 3.08. The van der Waals surface area contributed by atoms with Crippen molar-refractivity contribution in [1.29, 1.82) is 0 Å². The summed E-state index contributed by atoms with van der Waals surface area (Å²) in [7, 11) is 0. The lowest BCUT2D eigenvalue weighted by atomic mass is 10.1. The van der Waals surface area contributed by atoms with Gasteiger partial charge in [0.2, 0.25) is 5.91 Å². The van der Waals surface area contributed by atoms with Gasteiger partial charge in [0.15, 0.2) is 0 Å². The van der Waals surface area contributed by atoms with Crippen molar-refractivity contribution in [2.24, 2.45) is 11.8 Å². The number of imidazole rings is 1. The number of aromatic nitrogens is 2. The summed E-state index contributed by atoms with van der Waals surface area (Å²) in [5, 5.41) is 9.86. The smallest absolute Gasteiger partial charge is 0.307 e. The minimum absolute atomic E-state index is 0.0550. The molecule has 3 heterocycles. The van der Waals surface area contributed by atoms with Crippen LogP contribution in [0.3, 0.4) is 0 Å². The van der Waals surface area contributed by atoms with Crippen LogP contribution in [0.25, 0.3) is 16.8 Å². The Morgan fingerprint density at radius 3 is 2.62 bits per heavy atom. The minimum Gasteiger partial charge on any atom is -0.481 e. The zero-order valence-electron chi connectivity index (χ0n) is 15.7. The van der Waals surface area contributed by atoms with E-state index in [0.29, 0.717) is 18.0 Å². The highest BCUT2D eigenvalue weighted by molar-refractivity contribution is 6.30. The van der Waals surface area contributed by atoms with Crippen molar-refractivity contribution in [3.8, 4) is 11.3 Å². The second-order valence-corrected chi connectivity index (χ2v) is 8.19. The molecule has 3 unspecified atom stereocenters. The van der Waals surface area contributed by atoms with Crippen LogP contribution in [0.15, 0.2) is 48.7 Å². The number of carboxylic acid groups (broad SMARTS) is 1. The molecule has 0 radical (unpaired) electrons. The van der Waals surface area contributed by atoms with Crippen LogP contribution in [-0.4, -0.2) is 37.8 Å². The third-order valence-electron chi connectivity index (χ3n) is 5.95. The fourth-order valence-electron chi connectivity index (χ4n) is 4.37. The average molecular weight is 410 g/mol. The highest BCUT2D eigenvalue weighted by atomic mass is 35.5. The summed E-state index contributed by atoms with van der Waals surface area (Å²) in [6, 6.07) is 13.4. The van der Waals surface area contributed by atoms with Gasteiger partial charge in [0.05, 0.1) is 29.1 Å². The molecule has 2 aromatic heterocycles. The maximum Gasteiger partial charge on any atom is 0.307 e. The molecule has 29 heavy (non-hydrogen) atoms. The molecule has 0 spiro atoms. The number of carbonyl (C=O) groups is 2. The molecule has 5 rings (SSSR count). The standard InChI is InChI=1S/C22H20ClN3O3/c23-14-8-6-13(7-9-14)19-17-4-1-2-10-25(17)20(24-19)18-5-3-11-26(18)21(27)15-12-16(15)22(28)29/h1-2,4,6-10,15-16,18H,3,5,11-12H2,(H,28,29). The first-order chi connectivity index (χ1) is 14.0. The molecular formula is C22H20ClN3O3. The van der Waals surface area contributed by atoms with Gasteiger partial charge in [-0.3, -0.25) is 9.59 Å². The monoisotopic (exact) mass is 409 g/mol. The molecule has 2 aliphatic rings. The number of nitrogens with zero attached hydrogens (tertiary/aromatic N) is 3. The quantitative estimate of drug-likeness (QED) is 0.705. The largest absolute Gasteiger partial charge is 0.481 e. The lowest BCUT2D eigenvalue weighted by molar-refractivity contribution is -0.142. The molecular weight excluding hydrogens is 390 g/mol. The number of carboxylic acids is 1. The molecule has 1 saturated carbocycles. The molecule has 1 saturated heterocycles. The van der Waals surface area contributed by atoms with Gasteiger partial charge in [-0.15, -0.1) is 0 Å². The number of aliphatic carboxylic acids is 1. The van der Waals surface area contributed by atoms with Crippen LogP contribution in [0.2, 0.25) is 5.02 Å². The van der Waals surface area contributed by atoms with E-state index in [1.54, 1.807) is 0 Å². The van der Waals surface area contributed by atoms with Crippen LogP contribution < -0.4 is 0 Å². The van der Waals surface area contributed by atoms with Gasteiger partial charge in [0, 0.05) is 23.3 Å². The molecule has 1 aliphatic carbocycles. The van der Waals surface area contributed by atoms with E-state index < -0.39 is 17.8 Å². The van der Waals surface area contributed by atoms with E-state index in [4.69, 9.17) is 16.6 Å². The molecule has 1 N–H and O–H groups in total. The second kappa shape index (κ2) is 6.88. The number of carbonyl (C=O) groups excluding carboxylic acids is 1. The van der Waals surface area contributed by atoms with Crippen molar-refractivity contribution in [2.45, 2.75) is 25.3 Å². The molecule has 6 nitrogen and oxygen atoms in total. The SMILES string of the molecule is O=C(O)C1CC1C(=O)N1CCCC1c1nc(-c2ccc(Cl)cc2)c2ccccn12. The van der Waals surface area contributed by atoms with Crippen LogP contribution in [-0.2, 0) is 9.59 Å². The summed E-state index contributed by atoms with van der Waals surface area (Å²) >= 11 is 6.04. The zero-order valence-corrected chi connectivity index (χ0v) is 16.4. The molecule has 3 atom stereocenters. The molecule has 148 valence electrons. The summed E-state index contributed by atoms with van der Waals surface area (Å²) in [6.07, 6.45) is 4.12. The Morgan fingerprint density at radius 1 is 1.10 bits per heavy atom. The molecule has 7 heteroatoms. The highest BCUT2D eigenvalue weighted by Gasteiger charge is 2.51. The Morgan fingerprint density at radius 2 is 1.90 bits per heavy atom. The lowest BCUT2D eigenvalue weighted by Gasteiger charge is -2.24. The van der Waals surface area contributed by atoms with Gasteiger partial charge < -0.3 is 14.4 Å². The number of pyridine rings is 1. The molecule has 1 aromatic carbocycles. The van der Waals surface area contributed by atoms with E-state index >= 15 is 0 Å².